The van der Waals surface area contributed by atoms with Gasteiger partial charge in [-0.25, -0.2) is 0 Å². The Morgan fingerprint density at radius 1 is 0.385 bits per heavy atom. The molecular weight excluding hydrogens is 470 g/mol. The van der Waals surface area contributed by atoms with Gasteiger partial charge in [-0.05, 0) is 72.8 Å². The molecule has 0 saturated carbocycles. The molecule has 194 valence electrons. The number of aromatic amines is 1. The summed E-state index contributed by atoms with van der Waals surface area (Å²) < 4.78 is 0. The second kappa shape index (κ2) is 9.27. The number of rotatable bonds is 1. The second-order valence-corrected chi connectivity index (χ2v) is 12.8. The van der Waals surface area contributed by atoms with E-state index >= 15 is 0 Å². The molecule has 6 aromatic rings. The monoisotopic (exact) mass is 507 g/mol. The van der Waals surface area contributed by atoms with Gasteiger partial charge in [0.15, 0.2) is 0 Å². The lowest BCUT2D eigenvalue weighted by molar-refractivity contribution is 0.569. The van der Waals surface area contributed by atoms with Gasteiger partial charge in [-0.2, -0.15) is 0 Å². The summed E-state index contributed by atoms with van der Waals surface area (Å²) in [5, 5.41) is 7.42. The maximum absolute atomic E-state index is 3.81. The molecule has 1 N–H and O–H groups in total. The molecule has 6 rings (SSSR count). The van der Waals surface area contributed by atoms with Crippen LogP contribution in [0, 0.1) is 0 Å². The highest BCUT2D eigenvalue weighted by molar-refractivity contribution is 6.19. The van der Waals surface area contributed by atoms with Gasteiger partial charge < -0.3 is 4.98 Å². The molecule has 0 atom stereocenters. The Labute approximate surface area is 231 Å². The number of aromatic nitrogens is 1. The van der Waals surface area contributed by atoms with Gasteiger partial charge in [-0.3, -0.25) is 0 Å². The Bertz CT molecular complexity index is 1890. The van der Waals surface area contributed by atoms with Crippen molar-refractivity contribution in [1.82, 2.24) is 4.98 Å². The minimum atomic E-state index is 0.0686. The largest absolute Gasteiger partial charge is 0.355 e. The molecule has 5 aromatic carbocycles. The Morgan fingerprint density at radius 3 is 1.36 bits per heavy atom. The Morgan fingerprint density at radius 2 is 0.821 bits per heavy atom. The molecule has 39 heavy (non-hydrogen) atoms. The molecule has 1 aromatic heterocycles. The van der Waals surface area contributed by atoms with Gasteiger partial charge >= 0.3 is 0 Å². The van der Waals surface area contributed by atoms with Crippen molar-refractivity contribution in [3.63, 3.8) is 0 Å². The van der Waals surface area contributed by atoms with Crippen LogP contribution < -0.4 is 0 Å². The molecule has 0 amide bonds. The van der Waals surface area contributed by atoms with E-state index in [1.165, 1.54) is 54.6 Å². The summed E-state index contributed by atoms with van der Waals surface area (Å²) in [6.45, 7) is 13.8. The fraction of sp³-hybridized carbons (Fsp3) is 0.211. The maximum atomic E-state index is 3.81. The van der Waals surface area contributed by atoms with E-state index in [-0.39, 0.29) is 10.8 Å². The molecule has 0 aliphatic carbocycles. The van der Waals surface area contributed by atoms with Gasteiger partial charge in [-0.1, -0.05) is 133 Å². The van der Waals surface area contributed by atoms with E-state index < -0.39 is 0 Å². The third-order valence-electron chi connectivity index (χ3n) is 7.94. The zero-order valence-corrected chi connectivity index (χ0v) is 23.9. The highest BCUT2D eigenvalue weighted by Gasteiger charge is 2.21. The van der Waals surface area contributed by atoms with Crippen LogP contribution in [0.5, 0.6) is 0 Å². The van der Waals surface area contributed by atoms with Crippen molar-refractivity contribution in [3.8, 4) is 11.1 Å². The number of nitrogens with one attached hydrogen (secondary N) is 1. The van der Waals surface area contributed by atoms with Gasteiger partial charge in [0, 0.05) is 21.8 Å². The zero-order valence-electron chi connectivity index (χ0n) is 23.9. The van der Waals surface area contributed by atoms with E-state index in [1.54, 1.807) is 0 Å². The lowest BCUT2D eigenvalue weighted by Gasteiger charge is -2.26. The molecule has 0 unspecified atom stereocenters. The first-order chi connectivity index (χ1) is 18.6. The van der Waals surface area contributed by atoms with Crippen LogP contribution in [0.25, 0.3) is 54.5 Å². The molecule has 1 heteroatoms. The maximum Gasteiger partial charge on any atom is 0.0464 e. The molecule has 0 bridgehead atoms. The summed E-state index contributed by atoms with van der Waals surface area (Å²) in [6, 6.07) is 40.3. The summed E-state index contributed by atoms with van der Waals surface area (Å²) in [5.41, 5.74) is 7.63. The molecule has 0 spiro atoms. The van der Waals surface area contributed by atoms with E-state index in [2.05, 4.69) is 156 Å². The predicted molar refractivity (Wildman–Crippen MR) is 171 cm³/mol. The molecule has 1 heterocycles. The van der Waals surface area contributed by atoms with Crippen molar-refractivity contribution < 1.29 is 0 Å². The molecular formula is C38H37N. The summed E-state index contributed by atoms with van der Waals surface area (Å²) >= 11 is 0. The highest BCUT2D eigenvalue weighted by atomic mass is 14.7. The van der Waals surface area contributed by atoms with Gasteiger partial charge in [-0.15, -0.1) is 0 Å². The summed E-state index contributed by atoms with van der Waals surface area (Å²) in [6.07, 6.45) is 0. The summed E-state index contributed by atoms with van der Waals surface area (Å²) in [4.78, 5) is 3.81. The normalized spacial score (nSPS) is 12.4. The smallest absolute Gasteiger partial charge is 0.0464 e. The van der Waals surface area contributed by atoms with Crippen LogP contribution in [-0.4, -0.2) is 4.98 Å². The van der Waals surface area contributed by atoms with E-state index in [1.807, 2.05) is 0 Å². The topological polar surface area (TPSA) is 15.8 Å². The van der Waals surface area contributed by atoms with Crippen molar-refractivity contribution in [2.45, 2.75) is 52.4 Å². The van der Waals surface area contributed by atoms with Crippen molar-refractivity contribution >= 4 is 43.4 Å². The quantitative estimate of drug-likeness (QED) is 0.228. The van der Waals surface area contributed by atoms with Crippen LogP contribution in [-0.2, 0) is 10.8 Å². The molecule has 0 aliphatic rings. The van der Waals surface area contributed by atoms with Crippen molar-refractivity contribution in [2.24, 2.45) is 0 Å². The number of benzene rings is 5. The van der Waals surface area contributed by atoms with Crippen LogP contribution >= 0.6 is 0 Å². The van der Waals surface area contributed by atoms with Crippen molar-refractivity contribution in [2.75, 3.05) is 0 Å². The molecule has 0 radical (unpaired) electrons. The Balaban J connectivity index is 1.77. The van der Waals surface area contributed by atoms with Gasteiger partial charge in [0.2, 0.25) is 0 Å². The highest BCUT2D eigenvalue weighted by Crippen LogP contribution is 2.36. The minimum Gasteiger partial charge on any atom is -0.355 e. The first-order valence-electron chi connectivity index (χ1n) is 14.0. The SMILES string of the molecule is CC(C)(C)c1cc(-c2ccc3[nH]c4ccccc4c4ccccc4c4ccccc4c3c2)cc(C(C)(C)C)c1. The summed E-state index contributed by atoms with van der Waals surface area (Å²) in [5.74, 6) is 0. The zero-order chi connectivity index (χ0) is 27.4. The third kappa shape index (κ3) is 4.68. The van der Waals surface area contributed by atoms with Crippen LogP contribution in [0.4, 0.5) is 0 Å². The van der Waals surface area contributed by atoms with Crippen molar-refractivity contribution in [1.29, 1.82) is 0 Å². The lowest BCUT2D eigenvalue weighted by atomic mass is 9.79. The van der Waals surface area contributed by atoms with E-state index in [0.29, 0.717) is 0 Å². The molecule has 1 nitrogen and oxygen atoms in total. The average Bonchev–Trinajstić information content (AvgIpc) is 2.97. The minimum absolute atomic E-state index is 0.0686. The second-order valence-electron chi connectivity index (χ2n) is 12.8. The van der Waals surface area contributed by atoms with Crippen LogP contribution in [0.3, 0.4) is 0 Å². The van der Waals surface area contributed by atoms with Crippen LogP contribution in [0.2, 0.25) is 0 Å². The van der Waals surface area contributed by atoms with Gasteiger partial charge in [0.25, 0.3) is 0 Å². The number of H-pyrrole nitrogens is 1. The van der Waals surface area contributed by atoms with Gasteiger partial charge in [0.05, 0.1) is 0 Å². The first kappa shape index (κ1) is 25.2. The third-order valence-corrected chi connectivity index (χ3v) is 7.94. The number of para-hydroxylation sites is 1. The average molecular weight is 508 g/mol. The molecule has 0 aliphatic heterocycles. The standard InChI is InChI=1S/C38H37N/c1-37(2,3)27-21-26(22-28(24-27)38(4,5)6)25-19-20-36-34(23-25)32-16-10-8-14-30(32)29-13-7-9-15-31(29)33-17-11-12-18-35(33)39-36/h7-24,39H,1-6H3. The summed E-state index contributed by atoms with van der Waals surface area (Å²) in [7, 11) is 0. The Kier molecular flexibility index (Phi) is 5.99. The number of fused-ring (bicyclic) bond motifs is 7. The number of hydrogen-bond acceptors (Lipinski definition) is 0. The van der Waals surface area contributed by atoms with Gasteiger partial charge in [0.1, 0.15) is 0 Å². The predicted octanol–water partition coefficient (Wildman–Crippen LogP) is 11.0. The van der Waals surface area contributed by atoms with E-state index in [4.69, 9.17) is 0 Å². The number of hydrogen-bond donors (Lipinski definition) is 1. The lowest BCUT2D eigenvalue weighted by Crippen LogP contribution is -2.16. The molecule has 0 fully saturated rings. The van der Waals surface area contributed by atoms with Crippen molar-refractivity contribution in [3.05, 3.63) is 120 Å². The Hall–Kier alpha value is -4.10. The fourth-order valence-electron chi connectivity index (χ4n) is 5.59. The fourth-order valence-corrected chi connectivity index (χ4v) is 5.59. The molecule has 0 saturated heterocycles. The van der Waals surface area contributed by atoms with E-state index in [9.17, 15) is 0 Å². The first-order valence-corrected chi connectivity index (χ1v) is 14.0. The van der Waals surface area contributed by atoms with E-state index in [0.717, 1.165) is 11.0 Å². The van der Waals surface area contributed by atoms with Crippen LogP contribution in [0.15, 0.2) is 109 Å². The van der Waals surface area contributed by atoms with Crippen LogP contribution in [0.1, 0.15) is 52.7 Å².